The summed E-state index contributed by atoms with van der Waals surface area (Å²) in [4.78, 5) is 2.33. The van der Waals surface area contributed by atoms with Gasteiger partial charge in [-0.05, 0) is 94.2 Å². The van der Waals surface area contributed by atoms with Crippen LogP contribution in [-0.4, -0.2) is 4.57 Å². The summed E-state index contributed by atoms with van der Waals surface area (Å²) in [5, 5.41) is 14.6. The van der Waals surface area contributed by atoms with Gasteiger partial charge in [-0.15, -0.1) is 0 Å². The van der Waals surface area contributed by atoms with Crippen LogP contribution in [0.4, 0.5) is 17.1 Å². The number of hydrogen-bond acceptors (Lipinski definition) is 2. The number of benzene rings is 7. The van der Waals surface area contributed by atoms with Crippen molar-refractivity contribution in [1.29, 1.82) is 5.26 Å². The van der Waals surface area contributed by atoms with E-state index in [1.165, 1.54) is 54.8 Å². The molecule has 0 N–H and O–H groups in total. The molecule has 0 unspecified atom stereocenters. The van der Waals surface area contributed by atoms with Crippen LogP contribution in [0, 0.1) is 11.3 Å². The maximum absolute atomic E-state index is 9.54. The van der Waals surface area contributed by atoms with Gasteiger partial charge in [0.25, 0.3) is 0 Å². The average Bonchev–Trinajstić information content (AvgIpc) is 3.37. The van der Waals surface area contributed by atoms with E-state index in [1.54, 1.807) is 0 Å². The van der Waals surface area contributed by atoms with E-state index >= 15 is 0 Å². The van der Waals surface area contributed by atoms with Gasteiger partial charge in [-0.3, -0.25) is 0 Å². The first-order valence-corrected chi connectivity index (χ1v) is 14.9. The Morgan fingerprint density at radius 1 is 0.477 bits per heavy atom. The number of aromatic nitrogens is 1. The molecule has 204 valence electrons. The molecule has 0 bridgehead atoms. The third-order valence-corrected chi connectivity index (χ3v) is 8.93. The summed E-state index contributed by atoms with van der Waals surface area (Å²) in [6.07, 6.45) is 0. The summed E-state index contributed by atoms with van der Waals surface area (Å²) in [5.74, 6) is 0. The Balaban J connectivity index is 1.50. The second-order valence-electron chi connectivity index (χ2n) is 11.3. The number of fused-ring (bicyclic) bond motifs is 3. The van der Waals surface area contributed by atoms with Gasteiger partial charge in [0.1, 0.15) is 0 Å². The molecule has 1 heterocycles. The Hall–Kier alpha value is -6.11. The topological polar surface area (TPSA) is 32.0 Å². The van der Waals surface area contributed by atoms with E-state index in [9.17, 15) is 5.26 Å². The maximum Gasteiger partial charge on any atom is 0.0991 e. The molecule has 0 saturated heterocycles. The summed E-state index contributed by atoms with van der Waals surface area (Å²) >= 11 is 0. The molecule has 0 radical (unpaired) electrons. The quantitative estimate of drug-likeness (QED) is 0.215. The molecule has 0 atom stereocenters. The van der Waals surface area contributed by atoms with E-state index in [0.717, 1.165) is 22.7 Å². The van der Waals surface area contributed by atoms with E-state index in [-0.39, 0.29) is 0 Å². The average molecular weight is 560 g/mol. The molecule has 0 spiro atoms. The van der Waals surface area contributed by atoms with Crippen molar-refractivity contribution in [2.24, 2.45) is 0 Å². The third-order valence-electron chi connectivity index (χ3n) is 8.93. The molecule has 0 amide bonds. The van der Waals surface area contributed by atoms with Gasteiger partial charge < -0.3 is 9.47 Å². The highest BCUT2D eigenvalue weighted by Gasteiger charge is 2.28. The molecule has 0 saturated carbocycles. The zero-order chi connectivity index (χ0) is 29.2. The van der Waals surface area contributed by atoms with Crippen LogP contribution in [-0.2, 0) is 0 Å². The normalized spacial score (nSPS) is 11.6. The van der Waals surface area contributed by atoms with Crippen molar-refractivity contribution in [2.75, 3.05) is 4.90 Å². The van der Waals surface area contributed by atoms with Crippen molar-refractivity contribution in [1.82, 2.24) is 4.57 Å². The van der Waals surface area contributed by atoms with Crippen molar-refractivity contribution in [3.05, 3.63) is 157 Å². The number of hydrogen-bond donors (Lipinski definition) is 0. The Bertz CT molecular complexity index is 2430. The zero-order valence-electron chi connectivity index (χ0n) is 23.8. The van der Waals surface area contributed by atoms with E-state index in [0.29, 0.717) is 5.56 Å². The highest BCUT2D eigenvalue weighted by atomic mass is 15.1. The Labute approximate surface area is 255 Å². The van der Waals surface area contributed by atoms with E-state index in [1.807, 2.05) is 24.3 Å². The molecule has 3 heteroatoms. The summed E-state index contributed by atoms with van der Waals surface area (Å²) in [6, 6.07) is 56.0. The first-order chi connectivity index (χ1) is 21.8. The van der Waals surface area contributed by atoms with Crippen LogP contribution in [0.2, 0.25) is 0 Å². The molecule has 9 rings (SSSR count). The molecule has 8 aromatic rings. The van der Waals surface area contributed by atoms with Crippen LogP contribution < -0.4 is 4.90 Å². The first-order valence-electron chi connectivity index (χ1n) is 14.9. The number of anilines is 3. The predicted octanol–water partition coefficient (Wildman–Crippen LogP) is 10.9. The highest BCUT2D eigenvalue weighted by molar-refractivity contribution is 6.32. The minimum atomic E-state index is 0.643. The van der Waals surface area contributed by atoms with E-state index in [4.69, 9.17) is 0 Å². The largest absolute Gasteiger partial charge is 0.310 e. The van der Waals surface area contributed by atoms with Crippen molar-refractivity contribution in [3.63, 3.8) is 0 Å². The summed E-state index contributed by atoms with van der Waals surface area (Å²) in [6.45, 7) is 0. The van der Waals surface area contributed by atoms with Gasteiger partial charge in [0.15, 0.2) is 0 Å². The van der Waals surface area contributed by atoms with Gasteiger partial charge in [0.2, 0.25) is 0 Å². The van der Waals surface area contributed by atoms with Gasteiger partial charge in [-0.25, -0.2) is 0 Å². The molecule has 1 aromatic heterocycles. The fraction of sp³-hybridized carbons (Fsp3) is 0. The summed E-state index contributed by atoms with van der Waals surface area (Å²) in [7, 11) is 0. The number of para-hydroxylation sites is 2. The van der Waals surface area contributed by atoms with E-state index < -0.39 is 0 Å². The lowest BCUT2D eigenvalue weighted by atomic mass is 9.92. The minimum absolute atomic E-state index is 0.643. The number of rotatable bonds is 4. The van der Waals surface area contributed by atoms with Gasteiger partial charge in [-0.2, -0.15) is 5.26 Å². The first kappa shape index (κ1) is 24.5. The lowest BCUT2D eigenvalue weighted by molar-refractivity contribution is 1.18. The standard InChI is InChI=1S/C41H25N3/c42-26-27-18-21-31(22-19-27)43(29-11-3-1-4-12-29)35-24-25-37-41-39(35)34-16-8-7-15-32(34)33-17-9-10-28-20-23-36(40(41)38(28)33)44(37)30-13-5-2-6-14-30/h1-25H. The number of nitriles is 1. The molecule has 44 heavy (non-hydrogen) atoms. The smallest absolute Gasteiger partial charge is 0.0991 e. The molecule has 0 aliphatic heterocycles. The summed E-state index contributed by atoms with van der Waals surface area (Å²) in [5.41, 5.74) is 12.2. The van der Waals surface area contributed by atoms with E-state index in [2.05, 4.69) is 143 Å². The predicted molar refractivity (Wildman–Crippen MR) is 182 cm³/mol. The van der Waals surface area contributed by atoms with Crippen LogP contribution in [0.3, 0.4) is 0 Å². The minimum Gasteiger partial charge on any atom is -0.310 e. The van der Waals surface area contributed by atoms with Crippen LogP contribution in [0.15, 0.2) is 152 Å². The monoisotopic (exact) mass is 559 g/mol. The fourth-order valence-electron chi connectivity index (χ4n) is 7.12. The van der Waals surface area contributed by atoms with Crippen molar-refractivity contribution in [2.45, 2.75) is 0 Å². The van der Waals surface area contributed by atoms with Crippen LogP contribution in [0.5, 0.6) is 0 Å². The van der Waals surface area contributed by atoms with Crippen LogP contribution in [0.25, 0.3) is 60.5 Å². The van der Waals surface area contributed by atoms with Gasteiger partial charge >= 0.3 is 0 Å². The molecule has 1 aliphatic carbocycles. The molecule has 0 fully saturated rings. The fourth-order valence-corrected chi connectivity index (χ4v) is 7.12. The lowest BCUT2D eigenvalue weighted by Gasteiger charge is -2.29. The Morgan fingerprint density at radius 3 is 1.89 bits per heavy atom. The number of nitrogens with zero attached hydrogens (tertiary/aromatic N) is 3. The maximum atomic E-state index is 9.54. The molecule has 1 aliphatic rings. The van der Waals surface area contributed by atoms with Crippen molar-refractivity contribution < 1.29 is 0 Å². The zero-order valence-corrected chi connectivity index (χ0v) is 23.8. The van der Waals surface area contributed by atoms with Crippen LogP contribution in [0.1, 0.15) is 5.56 Å². The molecule has 7 aromatic carbocycles. The highest BCUT2D eigenvalue weighted by Crippen LogP contribution is 2.54. The Kier molecular flexibility index (Phi) is 5.26. The molecular formula is C41H25N3. The van der Waals surface area contributed by atoms with Crippen LogP contribution >= 0.6 is 0 Å². The second-order valence-corrected chi connectivity index (χ2v) is 11.3. The lowest BCUT2D eigenvalue weighted by Crippen LogP contribution is -2.11. The van der Waals surface area contributed by atoms with Crippen molar-refractivity contribution >= 4 is 49.6 Å². The third kappa shape index (κ3) is 3.43. The second kappa shape index (κ2) is 9.46. The summed E-state index contributed by atoms with van der Waals surface area (Å²) < 4.78 is 2.41. The van der Waals surface area contributed by atoms with Gasteiger partial charge in [0.05, 0.1) is 28.4 Å². The molecule has 3 nitrogen and oxygen atoms in total. The SMILES string of the molecule is N#Cc1ccc(N(c2ccccc2)c2ccc3c4c2-c2ccccc2-c2cccc5ccc(c4c25)n3-c2ccccc2)cc1. The molecular weight excluding hydrogens is 534 g/mol. The van der Waals surface area contributed by atoms with Crippen molar-refractivity contribution in [3.8, 4) is 34.0 Å². The van der Waals surface area contributed by atoms with Gasteiger partial charge in [0, 0.05) is 33.4 Å². The Morgan fingerprint density at radius 2 is 1.11 bits per heavy atom. The van der Waals surface area contributed by atoms with Gasteiger partial charge in [-0.1, -0.05) is 84.9 Å².